The van der Waals surface area contributed by atoms with Crippen LogP contribution < -0.4 is 5.32 Å². The van der Waals surface area contributed by atoms with Crippen LogP contribution in [0.4, 0.5) is 0 Å². The third kappa shape index (κ3) is 30.0. The molecular formula is C49H97NO9. The molecule has 2 unspecified atom stereocenters. The van der Waals surface area contributed by atoms with Gasteiger partial charge in [-0.3, -0.25) is 4.79 Å². The smallest absolute Gasteiger partial charge is 0.220 e. The normalized spacial score (nSPS) is 21.1. The molecule has 1 amide bonds. The van der Waals surface area contributed by atoms with Gasteiger partial charge in [-0.05, 0) is 12.8 Å². The molecule has 0 bridgehead atoms. The number of aliphatic hydroxyl groups is 6. The highest BCUT2D eigenvalue weighted by Gasteiger charge is 2.44. The molecule has 0 aromatic rings. The lowest BCUT2D eigenvalue weighted by Gasteiger charge is -2.40. The minimum atomic E-state index is -1.60. The number of hydrogen-bond donors (Lipinski definition) is 7. The van der Waals surface area contributed by atoms with Gasteiger partial charge in [-0.15, -0.1) is 0 Å². The summed E-state index contributed by atoms with van der Waals surface area (Å²) in [5, 5.41) is 65.3. The van der Waals surface area contributed by atoms with E-state index < -0.39 is 55.6 Å². The molecule has 10 heteroatoms. The Labute approximate surface area is 362 Å². The lowest BCUT2D eigenvalue weighted by molar-refractivity contribution is -0.303. The van der Waals surface area contributed by atoms with Crippen molar-refractivity contribution in [2.75, 3.05) is 13.2 Å². The molecule has 0 aromatic carbocycles. The van der Waals surface area contributed by atoms with Crippen molar-refractivity contribution in [3.63, 3.8) is 0 Å². The maximum absolute atomic E-state index is 13.0. The van der Waals surface area contributed by atoms with Crippen molar-refractivity contribution < 1.29 is 44.9 Å². The van der Waals surface area contributed by atoms with E-state index in [1.807, 2.05) is 0 Å². The molecule has 0 aromatic heterocycles. The Balaban J connectivity index is 2.30. The number of hydrogen-bond acceptors (Lipinski definition) is 9. The number of carbonyl (C=O) groups excluding carboxylic acids is 1. The topological polar surface area (TPSA) is 169 Å². The molecule has 0 spiro atoms. The summed E-state index contributed by atoms with van der Waals surface area (Å²) in [6, 6.07) is -0.984. The molecule has 352 valence electrons. The molecule has 59 heavy (non-hydrogen) atoms. The molecule has 0 saturated carbocycles. The van der Waals surface area contributed by atoms with Gasteiger partial charge in [0.1, 0.15) is 30.5 Å². The largest absolute Gasteiger partial charge is 0.394 e. The number of amides is 1. The molecular weight excluding hydrogens is 747 g/mol. The minimum Gasteiger partial charge on any atom is -0.394 e. The second-order valence-corrected chi connectivity index (χ2v) is 18.1. The van der Waals surface area contributed by atoms with Crippen LogP contribution in [0.1, 0.15) is 245 Å². The SMILES string of the molecule is CCCCCCCCCCCCCCCCCCCCCCCC(=O)N[C@@H](CO[C@@H]1O[C@H](CO)[C@@H](O)C(O)C1O)[C@H](O)[C@H](O)CCCCCCCCCCCCCCC. The summed E-state index contributed by atoms with van der Waals surface area (Å²) < 4.78 is 11.2. The predicted octanol–water partition coefficient (Wildman–Crippen LogP) is 10.1. The third-order valence-corrected chi connectivity index (χ3v) is 12.6. The summed E-state index contributed by atoms with van der Waals surface area (Å²) in [6.45, 7) is 3.63. The van der Waals surface area contributed by atoms with E-state index in [-0.39, 0.29) is 18.9 Å². The zero-order valence-corrected chi connectivity index (χ0v) is 38.4. The zero-order chi connectivity index (χ0) is 43.2. The average Bonchev–Trinajstić information content (AvgIpc) is 3.23. The lowest BCUT2D eigenvalue weighted by atomic mass is 9.98. The van der Waals surface area contributed by atoms with Crippen molar-refractivity contribution in [3.05, 3.63) is 0 Å². The Morgan fingerprint density at radius 1 is 0.525 bits per heavy atom. The number of carbonyl (C=O) groups is 1. The molecule has 0 aliphatic carbocycles. The number of ether oxygens (including phenoxy) is 2. The summed E-state index contributed by atoms with van der Waals surface area (Å²) in [6.07, 6.45) is 34.0. The van der Waals surface area contributed by atoms with Crippen LogP contribution in [0, 0.1) is 0 Å². The van der Waals surface area contributed by atoms with Crippen LogP contribution in [-0.2, 0) is 14.3 Å². The van der Waals surface area contributed by atoms with E-state index in [1.165, 1.54) is 180 Å². The van der Waals surface area contributed by atoms with Crippen LogP contribution in [0.25, 0.3) is 0 Å². The summed E-state index contributed by atoms with van der Waals surface area (Å²) in [5.41, 5.74) is 0. The molecule has 1 fully saturated rings. The van der Waals surface area contributed by atoms with Gasteiger partial charge >= 0.3 is 0 Å². The average molecular weight is 844 g/mol. The number of rotatable bonds is 43. The Morgan fingerprint density at radius 3 is 1.25 bits per heavy atom. The summed E-state index contributed by atoms with van der Waals surface area (Å²) in [4.78, 5) is 13.0. The molecule has 1 aliphatic rings. The Bertz CT molecular complexity index is 911. The fraction of sp³-hybridized carbons (Fsp3) is 0.980. The Morgan fingerprint density at radius 2 is 0.881 bits per heavy atom. The van der Waals surface area contributed by atoms with Gasteiger partial charge in [0.2, 0.25) is 5.91 Å². The highest BCUT2D eigenvalue weighted by Crippen LogP contribution is 2.23. The second kappa shape index (κ2) is 40.0. The van der Waals surface area contributed by atoms with Gasteiger partial charge in [-0.1, -0.05) is 226 Å². The van der Waals surface area contributed by atoms with Gasteiger partial charge < -0.3 is 45.4 Å². The standard InChI is InChI=1S/C49H97NO9/c1-3-5-7-9-11-13-15-17-18-19-20-21-22-23-24-26-28-30-32-34-36-38-44(53)50-41(40-58-49-48(57)47(56)46(55)43(39-51)59-49)45(54)42(52)37-35-33-31-29-27-25-16-14-12-10-8-6-4-2/h41-43,45-49,51-52,54-57H,3-40H2,1-2H3,(H,50,53)/t41-,42+,43+,45-,46+,47?,48?,49+/m0/s1. The van der Waals surface area contributed by atoms with E-state index >= 15 is 0 Å². The summed E-state index contributed by atoms with van der Waals surface area (Å²) >= 11 is 0. The first kappa shape index (κ1) is 56.2. The molecule has 8 atom stereocenters. The van der Waals surface area contributed by atoms with E-state index in [9.17, 15) is 35.4 Å². The first-order valence-electron chi connectivity index (χ1n) is 25.3. The summed E-state index contributed by atoms with van der Waals surface area (Å²) in [5.74, 6) is -0.252. The van der Waals surface area contributed by atoms with Crippen LogP contribution in [-0.4, -0.2) is 98.7 Å². The highest BCUT2D eigenvalue weighted by atomic mass is 16.7. The van der Waals surface area contributed by atoms with Crippen molar-refractivity contribution in [2.24, 2.45) is 0 Å². The Hall–Kier alpha value is -0.850. The van der Waals surface area contributed by atoms with Crippen molar-refractivity contribution in [2.45, 2.75) is 294 Å². The predicted molar refractivity (Wildman–Crippen MR) is 241 cm³/mol. The first-order chi connectivity index (χ1) is 28.8. The quantitative estimate of drug-likeness (QED) is 0.0296. The van der Waals surface area contributed by atoms with Crippen molar-refractivity contribution in [1.29, 1.82) is 0 Å². The summed E-state index contributed by atoms with van der Waals surface area (Å²) in [7, 11) is 0. The molecule has 1 heterocycles. The molecule has 10 nitrogen and oxygen atoms in total. The maximum Gasteiger partial charge on any atom is 0.220 e. The van der Waals surface area contributed by atoms with Gasteiger partial charge in [-0.2, -0.15) is 0 Å². The fourth-order valence-electron chi connectivity index (χ4n) is 8.44. The monoisotopic (exact) mass is 844 g/mol. The van der Waals surface area contributed by atoms with Crippen LogP contribution in [0.3, 0.4) is 0 Å². The van der Waals surface area contributed by atoms with Gasteiger partial charge in [0.05, 0.1) is 25.4 Å². The lowest BCUT2D eigenvalue weighted by Crippen LogP contribution is -2.60. The van der Waals surface area contributed by atoms with Crippen molar-refractivity contribution >= 4 is 5.91 Å². The van der Waals surface area contributed by atoms with Crippen LogP contribution in [0.15, 0.2) is 0 Å². The molecule has 1 aliphatic heterocycles. The first-order valence-corrected chi connectivity index (χ1v) is 25.3. The number of aliphatic hydroxyl groups excluding tert-OH is 6. The van der Waals surface area contributed by atoms with E-state index in [0.717, 1.165) is 38.5 Å². The highest BCUT2D eigenvalue weighted by molar-refractivity contribution is 5.76. The Kier molecular flexibility index (Phi) is 38.0. The molecule has 7 N–H and O–H groups in total. The number of nitrogens with one attached hydrogen (secondary N) is 1. The number of unbranched alkanes of at least 4 members (excludes halogenated alkanes) is 32. The molecule has 1 saturated heterocycles. The van der Waals surface area contributed by atoms with E-state index in [0.29, 0.717) is 6.42 Å². The van der Waals surface area contributed by atoms with Crippen molar-refractivity contribution in [1.82, 2.24) is 5.32 Å². The van der Waals surface area contributed by atoms with Crippen molar-refractivity contribution in [3.8, 4) is 0 Å². The zero-order valence-electron chi connectivity index (χ0n) is 38.4. The van der Waals surface area contributed by atoms with Crippen LogP contribution in [0.2, 0.25) is 0 Å². The van der Waals surface area contributed by atoms with Gasteiger partial charge in [-0.25, -0.2) is 0 Å². The second-order valence-electron chi connectivity index (χ2n) is 18.1. The van der Waals surface area contributed by atoms with E-state index in [4.69, 9.17) is 9.47 Å². The minimum absolute atomic E-state index is 0.252. The van der Waals surface area contributed by atoms with Crippen LogP contribution >= 0.6 is 0 Å². The van der Waals surface area contributed by atoms with Gasteiger partial charge in [0.15, 0.2) is 6.29 Å². The third-order valence-electron chi connectivity index (χ3n) is 12.6. The van der Waals surface area contributed by atoms with Gasteiger partial charge in [0, 0.05) is 6.42 Å². The molecule has 1 rings (SSSR count). The van der Waals surface area contributed by atoms with E-state index in [2.05, 4.69) is 19.2 Å². The van der Waals surface area contributed by atoms with Crippen LogP contribution in [0.5, 0.6) is 0 Å². The fourth-order valence-corrected chi connectivity index (χ4v) is 8.44. The van der Waals surface area contributed by atoms with Gasteiger partial charge in [0.25, 0.3) is 0 Å². The maximum atomic E-state index is 13.0. The van der Waals surface area contributed by atoms with E-state index in [1.54, 1.807) is 0 Å². The molecule has 0 radical (unpaired) electrons.